The quantitative estimate of drug-likeness (QED) is 0.681. The van der Waals surface area contributed by atoms with E-state index in [1.165, 1.54) is 7.11 Å². The van der Waals surface area contributed by atoms with E-state index >= 15 is 0 Å². The maximum Gasteiger partial charge on any atom is 0.340 e. The lowest BCUT2D eigenvalue weighted by molar-refractivity contribution is 0.0603. The minimum atomic E-state index is -0.426. The first-order valence-corrected chi connectivity index (χ1v) is 4.77. The third kappa shape index (κ3) is 1.43. The van der Waals surface area contributed by atoms with Crippen molar-refractivity contribution in [3.05, 3.63) is 41.2 Å². The van der Waals surface area contributed by atoms with Gasteiger partial charge in [-0.05, 0) is 30.7 Å². The van der Waals surface area contributed by atoms with Gasteiger partial charge in [-0.3, -0.25) is 0 Å². The molecule has 0 bridgehead atoms. The average Bonchev–Trinajstić information content (AvgIpc) is 2.66. The van der Waals surface area contributed by atoms with Gasteiger partial charge in [-0.25, -0.2) is 4.79 Å². The third-order valence-corrected chi connectivity index (χ3v) is 2.45. The highest BCUT2D eigenvalue weighted by atomic mass is 16.5. The summed E-state index contributed by atoms with van der Waals surface area (Å²) in [4.78, 5) is 11.5. The first-order chi connectivity index (χ1) is 7.67. The molecule has 2 rings (SSSR count). The molecule has 0 aliphatic heterocycles. The Morgan fingerprint density at radius 2 is 2.25 bits per heavy atom. The van der Waals surface area contributed by atoms with Crippen molar-refractivity contribution in [2.45, 2.75) is 6.92 Å². The van der Waals surface area contributed by atoms with Gasteiger partial charge in [0.2, 0.25) is 0 Å². The summed E-state index contributed by atoms with van der Waals surface area (Å²) in [6, 6.07) is 7.32. The number of ether oxygens (including phenoxy) is 1. The van der Waals surface area contributed by atoms with Crippen LogP contribution in [-0.2, 0) is 4.74 Å². The molecule has 2 heterocycles. The number of methoxy groups -OCH3 is 1. The van der Waals surface area contributed by atoms with E-state index in [4.69, 9.17) is 5.26 Å². The maximum atomic E-state index is 11.5. The molecule has 0 radical (unpaired) electrons. The molecule has 0 fully saturated rings. The summed E-state index contributed by atoms with van der Waals surface area (Å²) in [7, 11) is 1.33. The van der Waals surface area contributed by atoms with E-state index in [0.717, 1.165) is 5.56 Å². The highest BCUT2D eigenvalue weighted by Gasteiger charge is 2.15. The fraction of sp³-hybridized carbons (Fsp3) is 0.167. The van der Waals surface area contributed by atoms with Crippen LogP contribution < -0.4 is 0 Å². The first-order valence-electron chi connectivity index (χ1n) is 4.77. The van der Waals surface area contributed by atoms with Gasteiger partial charge in [0, 0.05) is 6.20 Å². The smallest absolute Gasteiger partial charge is 0.340 e. The van der Waals surface area contributed by atoms with Crippen LogP contribution in [-0.4, -0.2) is 17.5 Å². The number of nitrogens with zero attached hydrogens (tertiary/aromatic N) is 2. The lowest BCUT2D eigenvalue weighted by atomic mass is 10.2. The average molecular weight is 214 g/mol. The zero-order chi connectivity index (χ0) is 11.7. The van der Waals surface area contributed by atoms with Crippen molar-refractivity contribution in [3.8, 4) is 6.07 Å². The maximum absolute atomic E-state index is 11.5. The highest BCUT2D eigenvalue weighted by Crippen LogP contribution is 2.18. The molecule has 0 aliphatic rings. The Bertz CT molecular complexity index is 605. The number of aromatic nitrogens is 1. The van der Waals surface area contributed by atoms with Crippen LogP contribution in [0.2, 0.25) is 0 Å². The number of aryl methyl sites for hydroxylation is 1. The van der Waals surface area contributed by atoms with Gasteiger partial charge in [0.15, 0.2) is 0 Å². The van der Waals surface area contributed by atoms with Gasteiger partial charge >= 0.3 is 5.97 Å². The summed E-state index contributed by atoms with van der Waals surface area (Å²) in [6.45, 7) is 1.93. The molecule has 0 atom stereocenters. The second-order valence-electron chi connectivity index (χ2n) is 3.51. The van der Waals surface area contributed by atoms with E-state index in [1.54, 1.807) is 16.7 Å². The number of carbonyl (C=O) groups excluding carboxylic acids is 1. The molecule has 0 aliphatic carbocycles. The predicted octanol–water partition coefficient (Wildman–Crippen LogP) is 1.91. The SMILES string of the molecule is COC(=O)c1cc(C#N)n2ccc(C)cc12. The summed E-state index contributed by atoms with van der Waals surface area (Å²) in [5.41, 5.74) is 2.57. The molecule has 0 aromatic carbocycles. The van der Waals surface area contributed by atoms with Gasteiger partial charge in [-0.2, -0.15) is 5.26 Å². The number of esters is 1. The summed E-state index contributed by atoms with van der Waals surface area (Å²) in [5, 5.41) is 8.95. The number of nitriles is 1. The van der Waals surface area contributed by atoms with Crippen LogP contribution in [0.5, 0.6) is 0 Å². The van der Waals surface area contributed by atoms with Gasteiger partial charge in [-0.1, -0.05) is 0 Å². The minimum Gasteiger partial charge on any atom is -0.465 e. The van der Waals surface area contributed by atoms with Crippen LogP contribution >= 0.6 is 0 Å². The summed E-state index contributed by atoms with van der Waals surface area (Å²) >= 11 is 0. The van der Waals surface area contributed by atoms with Crippen molar-refractivity contribution in [2.75, 3.05) is 7.11 Å². The monoisotopic (exact) mass is 214 g/mol. The van der Waals surface area contributed by atoms with Crippen molar-refractivity contribution in [3.63, 3.8) is 0 Å². The molecule has 0 saturated heterocycles. The Morgan fingerprint density at radius 1 is 1.50 bits per heavy atom. The standard InChI is InChI=1S/C12H10N2O2/c1-8-3-4-14-9(7-13)6-10(11(14)5-8)12(15)16-2/h3-6H,1-2H3. The lowest BCUT2D eigenvalue weighted by Gasteiger charge is -2.00. The van der Waals surface area contributed by atoms with Gasteiger partial charge in [-0.15, -0.1) is 0 Å². The number of pyridine rings is 1. The molecule has 0 unspecified atom stereocenters. The first kappa shape index (κ1) is 10.2. The van der Waals surface area contributed by atoms with E-state index in [0.29, 0.717) is 16.8 Å². The van der Waals surface area contributed by atoms with E-state index in [1.807, 2.05) is 25.1 Å². The van der Waals surface area contributed by atoms with Gasteiger partial charge < -0.3 is 9.14 Å². The number of rotatable bonds is 1. The van der Waals surface area contributed by atoms with Gasteiger partial charge in [0.1, 0.15) is 11.8 Å². The Kier molecular flexibility index (Phi) is 2.37. The summed E-state index contributed by atoms with van der Waals surface area (Å²) < 4.78 is 6.36. The molecule has 16 heavy (non-hydrogen) atoms. The Balaban J connectivity index is 2.80. The highest BCUT2D eigenvalue weighted by molar-refractivity contribution is 5.98. The molecule has 0 saturated carbocycles. The largest absolute Gasteiger partial charge is 0.465 e. The van der Waals surface area contributed by atoms with Crippen molar-refractivity contribution >= 4 is 11.5 Å². The molecule has 4 nitrogen and oxygen atoms in total. The van der Waals surface area contributed by atoms with E-state index in [-0.39, 0.29) is 0 Å². The van der Waals surface area contributed by atoms with Gasteiger partial charge in [0.05, 0.1) is 18.2 Å². The minimum absolute atomic E-state index is 0.419. The van der Waals surface area contributed by atoms with Crippen LogP contribution in [0.3, 0.4) is 0 Å². The zero-order valence-electron chi connectivity index (χ0n) is 9.02. The molecule has 0 spiro atoms. The molecule has 2 aromatic rings. The van der Waals surface area contributed by atoms with Crippen molar-refractivity contribution in [1.82, 2.24) is 4.40 Å². The Labute approximate surface area is 92.7 Å². The molecule has 80 valence electrons. The van der Waals surface area contributed by atoms with Gasteiger partial charge in [0.25, 0.3) is 0 Å². The number of hydrogen-bond donors (Lipinski definition) is 0. The summed E-state index contributed by atoms with van der Waals surface area (Å²) in [5.74, 6) is -0.426. The van der Waals surface area contributed by atoms with E-state index in [9.17, 15) is 4.79 Å². The van der Waals surface area contributed by atoms with Crippen LogP contribution in [0.1, 0.15) is 21.6 Å². The zero-order valence-corrected chi connectivity index (χ0v) is 9.02. The second kappa shape index (κ2) is 3.70. The summed E-state index contributed by atoms with van der Waals surface area (Å²) in [6.07, 6.45) is 1.77. The van der Waals surface area contributed by atoms with Crippen LogP contribution in [0.25, 0.3) is 5.52 Å². The van der Waals surface area contributed by atoms with Crippen molar-refractivity contribution in [1.29, 1.82) is 5.26 Å². The number of hydrogen-bond acceptors (Lipinski definition) is 3. The molecular weight excluding hydrogens is 204 g/mol. The predicted molar refractivity (Wildman–Crippen MR) is 58.2 cm³/mol. The number of carbonyl (C=O) groups is 1. The van der Waals surface area contributed by atoms with Crippen LogP contribution in [0.4, 0.5) is 0 Å². The van der Waals surface area contributed by atoms with Crippen molar-refractivity contribution in [2.24, 2.45) is 0 Å². The number of fused-ring (bicyclic) bond motifs is 1. The van der Waals surface area contributed by atoms with Crippen LogP contribution in [0, 0.1) is 18.3 Å². The fourth-order valence-corrected chi connectivity index (χ4v) is 1.66. The fourth-order valence-electron chi connectivity index (χ4n) is 1.66. The van der Waals surface area contributed by atoms with E-state index in [2.05, 4.69) is 4.74 Å². The second-order valence-corrected chi connectivity index (χ2v) is 3.51. The normalized spacial score (nSPS) is 10.1. The molecule has 0 amide bonds. The Hall–Kier alpha value is -2.28. The molecular formula is C12H10N2O2. The van der Waals surface area contributed by atoms with Crippen molar-refractivity contribution < 1.29 is 9.53 Å². The topological polar surface area (TPSA) is 54.5 Å². The third-order valence-electron chi connectivity index (χ3n) is 2.45. The van der Waals surface area contributed by atoms with Crippen LogP contribution in [0.15, 0.2) is 24.4 Å². The van der Waals surface area contributed by atoms with E-state index < -0.39 is 5.97 Å². The molecule has 4 heteroatoms. The molecule has 0 N–H and O–H groups in total. The molecule has 2 aromatic heterocycles. The Morgan fingerprint density at radius 3 is 2.88 bits per heavy atom. The lowest BCUT2D eigenvalue weighted by Crippen LogP contribution is -2.00.